The molecule has 0 unspecified atom stereocenters. The van der Waals surface area contributed by atoms with Gasteiger partial charge in [-0.05, 0) is 6.55 Å². The van der Waals surface area contributed by atoms with Crippen molar-refractivity contribution in [3.8, 4) is 0 Å². The van der Waals surface area contributed by atoms with Gasteiger partial charge in [0.15, 0.2) is 0 Å². The maximum atomic E-state index is 13.4. The van der Waals surface area contributed by atoms with Crippen LogP contribution in [0.25, 0.3) is 0 Å². The van der Waals surface area contributed by atoms with Crippen LogP contribution in [0.15, 0.2) is 12.1 Å². The number of rotatable bonds is 3. The lowest BCUT2D eigenvalue weighted by Gasteiger charge is -2.23. The van der Waals surface area contributed by atoms with Crippen LogP contribution < -0.4 is 5.19 Å². The molecule has 0 bridgehead atoms. The topological polar surface area (TPSA) is 18.5 Å². The highest BCUT2D eigenvalue weighted by atomic mass is 28.4. The van der Waals surface area contributed by atoms with E-state index in [-0.39, 0.29) is 5.19 Å². The Bertz CT molecular complexity index is 343. The Labute approximate surface area is 86.9 Å². The van der Waals surface area contributed by atoms with Crippen molar-refractivity contribution in [1.29, 1.82) is 0 Å². The third-order valence-corrected chi connectivity index (χ3v) is 5.18. The first-order valence-corrected chi connectivity index (χ1v) is 6.51. The summed E-state index contributed by atoms with van der Waals surface area (Å²) < 4.78 is 49.4. The van der Waals surface area contributed by atoms with Crippen molar-refractivity contribution < 1.29 is 22.0 Å². The summed E-state index contributed by atoms with van der Waals surface area (Å²) >= 11 is 0. The molecule has 0 saturated carbocycles. The van der Waals surface area contributed by atoms with Gasteiger partial charge >= 0.3 is 8.56 Å². The smallest absolute Gasteiger partial charge is 0.374 e. The molecule has 0 N–H and O–H groups in total. The quantitative estimate of drug-likeness (QED) is 0.743. The SMILES string of the molecule is CO[Si](C)(OC)c1c(F)cc(F)cc1F. The van der Waals surface area contributed by atoms with Crippen LogP contribution in [0.3, 0.4) is 0 Å². The van der Waals surface area contributed by atoms with Crippen LogP contribution in [0.5, 0.6) is 0 Å². The Morgan fingerprint density at radius 1 is 1.00 bits per heavy atom. The van der Waals surface area contributed by atoms with E-state index in [1.165, 1.54) is 20.8 Å². The van der Waals surface area contributed by atoms with Gasteiger partial charge in [0.25, 0.3) is 0 Å². The molecule has 0 atom stereocenters. The first-order valence-electron chi connectivity index (χ1n) is 4.20. The molecule has 1 aromatic carbocycles. The van der Waals surface area contributed by atoms with Crippen molar-refractivity contribution in [2.24, 2.45) is 0 Å². The summed E-state index contributed by atoms with van der Waals surface area (Å²) in [6, 6.07) is 1.23. The summed E-state index contributed by atoms with van der Waals surface area (Å²) in [5.74, 6) is -2.92. The summed E-state index contributed by atoms with van der Waals surface area (Å²) in [6.45, 7) is 1.48. The molecule has 0 amide bonds. The van der Waals surface area contributed by atoms with E-state index in [2.05, 4.69) is 0 Å². The second-order valence-electron chi connectivity index (χ2n) is 3.10. The van der Waals surface area contributed by atoms with Gasteiger partial charge in [-0.3, -0.25) is 0 Å². The van der Waals surface area contributed by atoms with Crippen molar-refractivity contribution in [2.75, 3.05) is 14.2 Å². The molecular formula is C9H11F3O2Si. The highest BCUT2D eigenvalue weighted by Crippen LogP contribution is 2.13. The first kappa shape index (κ1) is 12.2. The van der Waals surface area contributed by atoms with Gasteiger partial charge in [-0.1, -0.05) is 0 Å². The fourth-order valence-electron chi connectivity index (χ4n) is 1.26. The molecule has 1 rings (SSSR count). The predicted molar refractivity (Wildman–Crippen MR) is 51.6 cm³/mol. The van der Waals surface area contributed by atoms with Gasteiger partial charge in [-0.2, -0.15) is 0 Å². The third-order valence-electron chi connectivity index (χ3n) is 2.24. The van der Waals surface area contributed by atoms with Crippen LogP contribution >= 0.6 is 0 Å². The van der Waals surface area contributed by atoms with Crippen molar-refractivity contribution in [3.63, 3.8) is 0 Å². The van der Waals surface area contributed by atoms with Crippen LogP contribution in [-0.2, 0) is 8.85 Å². The monoisotopic (exact) mass is 236 g/mol. The van der Waals surface area contributed by atoms with Crippen LogP contribution in [0.4, 0.5) is 13.2 Å². The minimum absolute atomic E-state index is 0.311. The summed E-state index contributed by atoms with van der Waals surface area (Å²) in [5.41, 5.74) is 0. The minimum atomic E-state index is -3.10. The average Bonchev–Trinajstić information content (AvgIpc) is 2.15. The number of halogens is 3. The van der Waals surface area contributed by atoms with Gasteiger partial charge < -0.3 is 8.85 Å². The average molecular weight is 236 g/mol. The van der Waals surface area contributed by atoms with Gasteiger partial charge in [0, 0.05) is 26.4 Å². The van der Waals surface area contributed by atoms with E-state index in [9.17, 15) is 13.2 Å². The number of hydrogen-bond acceptors (Lipinski definition) is 2. The Morgan fingerprint density at radius 3 is 1.73 bits per heavy atom. The Morgan fingerprint density at radius 2 is 1.40 bits per heavy atom. The van der Waals surface area contributed by atoms with Gasteiger partial charge in [0.05, 0.1) is 5.19 Å². The van der Waals surface area contributed by atoms with E-state index < -0.39 is 26.0 Å². The van der Waals surface area contributed by atoms with Crippen molar-refractivity contribution >= 4 is 13.7 Å². The number of benzene rings is 1. The zero-order valence-electron chi connectivity index (χ0n) is 8.61. The van der Waals surface area contributed by atoms with Crippen LogP contribution in [-0.4, -0.2) is 22.8 Å². The fourth-order valence-corrected chi connectivity index (χ4v) is 2.85. The molecule has 6 heteroatoms. The predicted octanol–water partition coefficient (Wildman–Crippen LogP) is 1.68. The Hall–Kier alpha value is -0.853. The standard InChI is InChI=1S/C9H11F3O2Si/c1-13-15(3,14-2)9-7(11)4-6(10)5-8(9)12/h4-5H,1-3H3. The maximum Gasteiger partial charge on any atom is 0.374 e. The molecule has 0 aliphatic heterocycles. The molecule has 84 valence electrons. The van der Waals surface area contributed by atoms with Crippen molar-refractivity contribution in [3.05, 3.63) is 29.6 Å². The van der Waals surface area contributed by atoms with Crippen LogP contribution in [0.1, 0.15) is 0 Å². The van der Waals surface area contributed by atoms with E-state index in [4.69, 9.17) is 8.85 Å². The minimum Gasteiger partial charge on any atom is -0.394 e. The molecule has 0 saturated heterocycles. The van der Waals surface area contributed by atoms with E-state index in [0.717, 1.165) is 0 Å². The largest absolute Gasteiger partial charge is 0.394 e. The van der Waals surface area contributed by atoms with Crippen LogP contribution in [0.2, 0.25) is 6.55 Å². The lowest BCUT2D eigenvalue weighted by atomic mass is 10.3. The highest BCUT2D eigenvalue weighted by molar-refractivity contribution is 6.80. The molecule has 0 aromatic heterocycles. The summed E-state index contributed by atoms with van der Waals surface area (Å²) in [7, 11) is -0.495. The molecule has 0 fully saturated rings. The highest BCUT2D eigenvalue weighted by Gasteiger charge is 2.38. The lowest BCUT2D eigenvalue weighted by Crippen LogP contribution is -2.52. The zero-order valence-corrected chi connectivity index (χ0v) is 9.61. The Balaban J connectivity index is 3.36. The molecule has 0 radical (unpaired) electrons. The molecule has 15 heavy (non-hydrogen) atoms. The summed E-state index contributed by atoms with van der Waals surface area (Å²) in [6.07, 6.45) is 0. The third kappa shape index (κ3) is 2.22. The summed E-state index contributed by atoms with van der Waals surface area (Å²) in [5, 5.41) is -0.311. The molecule has 0 heterocycles. The van der Waals surface area contributed by atoms with E-state index >= 15 is 0 Å². The molecule has 1 aromatic rings. The van der Waals surface area contributed by atoms with Crippen molar-refractivity contribution in [2.45, 2.75) is 6.55 Å². The van der Waals surface area contributed by atoms with Gasteiger partial charge in [-0.25, -0.2) is 13.2 Å². The molecule has 2 nitrogen and oxygen atoms in total. The molecule has 0 aliphatic rings. The number of hydrogen-bond donors (Lipinski definition) is 0. The fraction of sp³-hybridized carbons (Fsp3) is 0.333. The van der Waals surface area contributed by atoms with E-state index in [1.807, 2.05) is 0 Å². The first-order chi connectivity index (χ1) is 6.94. The van der Waals surface area contributed by atoms with Gasteiger partial charge in [0.2, 0.25) is 0 Å². The molecule has 0 spiro atoms. The van der Waals surface area contributed by atoms with E-state index in [1.54, 1.807) is 0 Å². The lowest BCUT2D eigenvalue weighted by molar-refractivity contribution is 0.262. The second kappa shape index (κ2) is 4.34. The Kier molecular flexibility index (Phi) is 3.53. The van der Waals surface area contributed by atoms with Gasteiger partial charge in [-0.15, -0.1) is 0 Å². The molecular weight excluding hydrogens is 225 g/mol. The van der Waals surface area contributed by atoms with Crippen molar-refractivity contribution in [1.82, 2.24) is 0 Å². The van der Waals surface area contributed by atoms with Gasteiger partial charge in [0.1, 0.15) is 17.5 Å². The summed E-state index contributed by atoms with van der Waals surface area (Å²) in [4.78, 5) is 0. The maximum absolute atomic E-state index is 13.4. The normalized spacial score (nSPS) is 11.9. The zero-order chi connectivity index (χ0) is 11.6. The van der Waals surface area contributed by atoms with Crippen LogP contribution in [0, 0.1) is 17.5 Å². The molecule has 0 aliphatic carbocycles. The second-order valence-corrected chi connectivity index (χ2v) is 6.31. The van der Waals surface area contributed by atoms with E-state index in [0.29, 0.717) is 12.1 Å².